The number of hydrazone groups is 1. The maximum Gasteiger partial charge on any atom is 0.291 e. The molecule has 30 heavy (non-hydrogen) atoms. The summed E-state index contributed by atoms with van der Waals surface area (Å²) in [6.07, 6.45) is 2.04. The first-order valence-corrected chi connectivity index (χ1v) is 10.4. The van der Waals surface area contributed by atoms with Gasteiger partial charge in [-0.15, -0.1) is 0 Å². The molecule has 2 aromatic carbocycles. The number of carbonyl (C=O) groups excluding carboxylic acids is 2. The largest absolute Gasteiger partial charge is 0.341 e. The molecule has 2 amide bonds. The summed E-state index contributed by atoms with van der Waals surface area (Å²) in [5, 5.41) is 7.06. The van der Waals surface area contributed by atoms with Crippen LogP contribution in [0.1, 0.15) is 34.5 Å². The number of benzene rings is 2. The van der Waals surface area contributed by atoms with Crippen molar-refractivity contribution >= 4 is 28.4 Å². The Morgan fingerprint density at radius 2 is 1.77 bits per heavy atom. The van der Waals surface area contributed by atoms with Crippen molar-refractivity contribution in [1.82, 2.24) is 14.5 Å². The van der Waals surface area contributed by atoms with Gasteiger partial charge in [0.2, 0.25) is 5.91 Å². The van der Waals surface area contributed by atoms with Crippen LogP contribution in [0.5, 0.6) is 0 Å². The zero-order valence-electron chi connectivity index (χ0n) is 17.0. The first-order chi connectivity index (χ1) is 14.6. The quantitative estimate of drug-likeness (QED) is 0.676. The van der Waals surface area contributed by atoms with Crippen LogP contribution in [0.4, 0.5) is 0 Å². The van der Waals surface area contributed by atoms with Crippen molar-refractivity contribution in [3.63, 3.8) is 0 Å². The third-order valence-electron chi connectivity index (χ3n) is 5.94. The molecule has 3 heterocycles. The SMILES string of the molecule is Cc1ccc(C2=NN(CC(=O)N3CCCC3)C(=O)c3cc4ccccc4n3C2)cc1. The Hall–Kier alpha value is -3.41. The monoisotopic (exact) mass is 400 g/mol. The van der Waals surface area contributed by atoms with Crippen LogP contribution in [-0.4, -0.2) is 51.6 Å². The molecule has 0 N–H and O–H groups in total. The van der Waals surface area contributed by atoms with Crippen LogP contribution < -0.4 is 0 Å². The minimum absolute atomic E-state index is 0.0320. The van der Waals surface area contributed by atoms with E-state index in [2.05, 4.69) is 0 Å². The second kappa shape index (κ2) is 7.44. The molecule has 0 spiro atoms. The van der Waals surface area contributed by atoms with Crippen LogP contribution in [0, 0.1) is 6.92 Å². The maximum atomic E-state index is 13.4. The van der Waals surface area contributed by atoms with Crippen LogP contribution in [0.25, 0.3) is 10.9 Å². The lowest BCUT2D eigenvalue weighted by Gasteiger charge is -2.20. The van der Waals surface area contributed by atoms with Gasteiger partial charge in [-0.3, -0.25) is 9.59 Å². The molecule has 0 saturated carbocycles. The molecule has 2 aliphatic rings. The minimum atomic E-state index is -0.235. The highest BCUT2D eigenvalue weighted by molar-refractivity contribution is 6.07. The lowest BCUT2D eigenvalue weighted by atomic mass is 10.1. The molecule has 3 aromatic rings. The van der Waals surface area contributed by atoms with Gasteiger partial charge in [-0.1, -0.05) is 48.0 Å². The average Bonchev–Trinajstić information content (AvgIpc) is 3.39. The van der Waals surface area contributed by atoms with Crippen molar-refractivity contribution in [2.45, 2.75) is 26.3 Å². The molecule has 0 atom stereocenters. The van der Waals surface area contributed by atoms with E-state index in [-0.39, 0.29) is 18.4 Å². The zero-order valence-corrected chi connectivity index (χ0v) is 17.0. The number of hydrogen-bond donors (Lipinski definition) is 0. The summed E-state index contributed by atoms with van der Waals surface area (Å²) in [6, 6.07) is 18.0. The minimum Gasteiger partial charge on any atom is -0.341 e. The highest BCUT2D eigenvalue weighted by Gasteiger charge is 2.29. The van der Waals surface area contributed by atoms with E-state index in [0.717, 1.165) is 53.7 Å². The van der Waals surface area contributed by atoms with E-state index in [4.69, 9.17) is 5.10 Å². The molecule has 6 nitrogen and oxygen atoms in total. The van der Waals surface area contributed by atoms with Crippen molar-refractivity contribution in [3.05, 3.63) is 71.4 Å². The van der Waals surface area contributed by atoms with E-state index in [9.17, 15) is 9.59 Å². The Bertz CT molecular complexity index is 1150. The number of nitrogens with zero attached hydrogens (tertiary/aromatic N) is 4. The Labute approximate surface area is 175 Å². The van der Waals surface area contributed by atoms with Gasteiger partial charge in [0.1, 0.15) is 12.2 Å². The molecular formula is C24H24N4O2. The Balaban J connectivity index is 1.59. The second-order valence-electron chi connectivity index (χ2n) is 8.04. The number of aromatic nitrogens is 1. The fraction of sp³-hybridized carbons (Fsp3) is 0.292. The topological polar surface area (TPSA) is 57.9 Å². The first kappa shape index (κ1) is 18.6. The number of amides is 2. The Morgan fingerprint density at radius 3 is 2.53 bits per heavy atom. The van der Waals surface area contributed by atoms with Gasteiger partial charge < -0.3 is 9.47 Å². The summed E-state index contributed by atoms with van der Waals surface area (Å²) in [4.78, 5) is 28.0. The van der Waals surface area contributed by atoms with Crippen molar-refractivity contribution < 1.29 is 9.59 Å². The third-order valence-corrected chi connectivity index (χ3v) is 5.94. The summed E-state index contributed by atoms with van der Waals surface area (Å²) < 4.78 is 2.01. The molecule has 1 fully saturated rings. The zero-order chi connectivity index (χ0) is 20.7. The highest BCUT2D eigenvalue weighted by atomic mass is 16.2. The van der Waals surface area contributed by atoms with Crippen molar-refractivity contribution in [3.8, 4) is 0 Å². The van der Waals surface area contributed by atoms with Gasteiger partial charge in [-0.05, 0) is 37.5 Å². The van der Waals surface area contributed by atoms with Gasteiger partial charge in [0.15, 0.2) is 0 Å². The van der Waals surface area contributed by atoms with Gasteiger partial charge in [0.25, 0.3) is 5.91 Å². The predicted molar refractivity (Wildman–Crippen MR) is 117 cm³/mol. The number of hydrogen-bond acceptors (Lipinski definition) is 3. The molecule has 2 aliphatic heterocycles. The van der Waals surface area contributed by atoms with E-state index in [0.29, 0.717) is 12.2 Å². The standard InChI is InChI=1S/C24H24N4O2/c1-17-8-10-18(11-9-17)20-15-27-21-7-3-2-6-19(21)14-22(27)24(30)28(25-20)16-23(29)26-12-4-5-13-26/h2-3,6-11,14H,4-5,12-13,15-16H2,1H3. The molecule has 1 aromatic heterocycles. The molecule has 0 unspecified atom stereocenters. The lowest BCUT2D eigenvalue weighted by molar-refractivity contribution is -0.130. The number of carbonyl (C=O) groups is 2. The van der Waals surface area contributed by atoms with E-state index in [1.165, 1.54) is 5.01 Å². The lowest BCUT2D eigenvalue weighted by Crippen LogP contribution is -2.39. The molecule has 5 rings (SSSR count). The van der Waals surface area contributed by atoms with Crippen LogP contribution in [-0.2, 0) is 11.3 Å². The molecule has 1 saturated heterocycles. The summed E-state index contributed by atoms with van der Waals surface area (Å²) in [7, 11) is 0. The van der Waals surface area contributed by atoms with Crippen LogP contribution in [0.15, 0.2) is 59.7 Å². The molecule has 0 bridgehead atoms. The van der Waals surface area contributed by atoms with Gasteiger partial charge >= 0.3 is 0 Å². The van der Waals surface area contributed by atoms with Crippen LogP contribution >= 0.6 is 0 Å². The summed E-state index contributed by atoms with van der Waals surface area (Å²) in [6.45, 7) is 4.01. The number of aryl methyl sites for hydroxylation is 1. The molecule has 6 heteroatoms. The first-order valence-electron chi connectivity index (χ1n) is 10.4. The van der Waals surface area contributed by atoms with Gasteiger partial charge in [-0.25, -0.2) is 5.01 Å². The van der Waals surface area contributed by atoms with Gasteiger partial charge in [0.05, 0.1) is 12.3 Å². The van der Waals surface area contributed by atoms with Crippen molar-refractivity contribution in [2.75, 3.05) is 19.6 Å². The molecule has 0 aliphatic carbocycles. The highest BCUT2D eigenvalue weighted by Crippen LogP contribution is 2.25. The number of para-hydroxylation sites is 1. The number of likely N-dealkylation sites (tertiary alicyclic amines) is 1. The van der Waals surface area contributed by atoms with E-state index < -0.39 is 0 Å². The third kappa shape index (κ3) is 3.28. The van der Waals surface area contributed by atoms with Gasteiger partial charge in [-0.2, -0.15) is 5.10 Å². The average molecular weight is 400 g/mol. The maximum absolute atomic E-state index is 13.4. The Morgan fingerprint density at radius 1 is 1.03 bits per heavy atom. The Kier molecular flexibility index (Phi) is 4.62. The normalized spacial score (nSPS) is 16.6. The second-order valence-corrected chi connectivity index (χ2v) is 8.04. The predicted octanol–water partition coefficient (Wildman–Crippen LogP) is 3.43. The molecule has 152 valence electrons. The number of fused-ring (bicyclic) bond motifs is 3. The van der Waals surface area contributed by atoms with Gasteiger partial charge in [0, 0.05) is 24.0 Å². The molecule has 0 radical (unpaired) electrons. The van der Waals surface area contributed by atoms with E-state index in [1.807, 2.05) is 71.0 Å². The van der Waals surface area contributed by atoms with Crippen LogP contribution in [0.2, 0.25) is 0 Å². The fourth-order valence-electron chi connectivity index (χ4n) is 4.26. The van der Waals surface area contributed by atoms with Crippen molar-refractivity contribution in [2.24, 2.45) is 5.10 Å². The van der Waals surface area contributed by atoms with Crippen molar-refractivity contribution in [1.29, 1.82) is 0 Å². The fourth-order valence-corrected chi connectivity index (χ4v) is 4.26. The molecular weight excluding hydrogens is 376 g/mol. The number of rotatable bonds is 3. The summed E-state index contributed by atoms with van der Waals surface area (Å²) in [5.74, 6) is -0.279. The summed E-state index contributed by atoms with van der Waals surface area (Å²) >= 11 is 0. The smallest absolute Gasteiger partial charge is 0.291 e. The van der Waals surface area contributed by atoms with Crippen LogP contribution in [0.3, 0.4) is 0 Å². The van der Waals surface area contributed by atoms with E-state index >= 15 is 0 Å². The summed E-state index contributed by atoms with van der Waals surface area (Å²) in [5.41, 5.74) is 4.46. The van der Waals surface area contributed by atoms with E-state index in [1.54, 1.807) is 0 Å².